The summed E-state index contributed by atoms with van der Waals surface area (Å²) in [6, 6.07) is 0. The maximum absolute atomic E-state index is 12.1. The average Bonchev–Trinajstić information content (AvgIpc) is 2.71. The number of aliphatic hydroxyl groups is 1. The van der Waals surface area contributed by atoms with E-state index in [-0.39, 0.29) is 18.7 Å². The van der Waals surface area contributed by atoms with Crippen LogP contribution >= 0.6 is 0 Å². The summed E-state index contributed by atoms with van der Waals surface area (Å²) < 4.78 is 5.64. The van der Waals surface area contributed by atoms with Crippen LogP contribution in [0.4, 0.5) is 0 Å². The van der Waals surface area contributed by atoms with E-state index >= 15 is 0 Å². The highest BCUT2D eigenvalue weighted by molar-refractivity contribution is 5.69. The molecule has 0 saturated heterocycles. The number of unbranched alkanes of at least 4 members (excludes halogenated alkanes) is 16. The molecule has 0 radical (unpaired) electrons. The molecule has 3 nitrogen and oxygen atoms in total. The van der Waals surface area contributed by atoms with Crippen molar-refractivity contribution in [3.63, 3.8) is 0 Å². The Balaban J connectivity index is 3.60. The van der Waals surface area contributed by atoms with Crippen molar-refractivity contribution in [1.82, 2.24) is 0 Å². The van der Waals surface area contributed by atoms with E-state index in [1.807, 2.05) is 0 Å². The molecule has 0 aromatic rings. The molecule has 1 N–H and O–H groups in total. The van der Waals surface area contributed by atoms with Crippen LogP contribution in [0.1, 0.15) is 149 Å². The molecule has 29 heavy (non-hydrogen) atoms. The van der Waals surface area contributed by atoms with E-state index in [1.54, 1.807) is 0 Å². The van der Waals surface area contributed by atoms with Gasteiger partial charge in [-0.3, -0.25) is 4.79 Å². The Hall–Kier alpha value is -0.570. The largest absolute Gasteiger partial charge is 0.462 e. The number of carbonyl (C=O) groups excluding carboxylic acids is 1. The van der Waals surface area contributed by atoms with Crippen LogP contribution in [0.15, 0.2) is 0 Å². The summed E-state index contributed by atoms with van der Waals surface area (Å²) >= 11 is 0. The fraction of sp³-hybridized carbons (Fsp3) is 0.962. The first-order valence-corrected chi connectivity index (χ1v) is 13.0. The molecule has 0 saturated carbocycles. The number of aliphatic hydroxyl groups excluding tert-OH is 1. The van der Waals surface area contributed by atoms with Gasteiger partial charge < -0.3 is 9.84 Å². The van der Waals surface area contributed by atoms with Crippen LogP contribution < -0.4 is 0 Å². The minimum atomic E-state index is -0.0874. The monoisotopic (exact) mass is 412 g/mol. The van der Waals surface area contributed by atoms with Crippen LogP contribution in [0.25, 0.3) is 0 Å². The van der Waals surface area contributed by atoms with E-state index < -0.39 is 0 Å². The Morgan fingerprint density at radius 1 is 0.621 bits per heavy atom. The Kier molecular flexibility index (Phi) is 23.2. The average molecular weight is 413 g/mol. The highest BCUT2D eigenvalue weighted by Crippen LogP contribution is 2.16. The Bertz CT molecular complexity index is 330. The van der Waals surface area contributed by atoms with Gasteiger partial charge in [0.2, 0.25) is 0 Å². The molecule has 0 fully saturated rings. The topological polar surface area (TPSA) is 46.5 Å². The van der Waals surface area contributed by atoms with Gasteiger partial charge in [0.25, 0.3) is 0 Å². The summed E-state index contributed by atoms with van der Waals surface area (Å²) in [5.41, 5.74) is 0. The first-order chi connectivity index (χ1) is 14.2. The lowest BCUT2D eigenvalue weighted by molar-refractivity contribution is -0.150. The van der Waals surface area contributed by atoms with Crippen LogP contribution in [-0.4, -0.2) is 23.8 Å². The molecule has 0 rings (SSSR count). The molecule has 0 aliphatic heterocycles. The highest BCUT2D eigenvalue weighted by Gasteiger charge is 2.13. The van der Waals surface area contributed by atoms with Crippen LogP contribution in [0, 0.1) is 0 Å². The van der Waals surface area contributed by atoms with Crippen molar-refractivity contribution in [1.29, 1.82) is 0 Å². The van der Waals surface area contributed by atoms with E-state index in [0.717, 1.165) is 25.7 Å². The molecule has 0 aliphatic rings. The maximum Gasteiger partial charge on any atom is 0.306 e. The summed E-state index contributed by atoms with van der Waals surface area (Å²) in [6.07, 6.45) is 25.0. The molecule has 1 atom stereocenters. The molecule has 174 valence electrons. The van der Waals surface area contributed by atoms with Crippen LogP contribution in [0.3, 0.4) is 0 Å². The number of carbonyl (C=O) groups is 1. The number of hydrogen-bond donors (Lipinski definition) is 1. The second-order valence-electron chi connectivity index (χ2n) is 8.82. The first kappa shape index (κ1) is 28.4. The van der Waals surface area contributed by atoms with Crippen molar-refractivity contribution < 1.29 is 14.6 Å². The summed E-state index contributed by atoms with van der Waals surface area (Å²) in [7, 11) is 0. The summed E-state index contributed by atoms with van der Waals surface area (Å²) in [4.78, 5) is 12.1. The molecular weight excluding hydrogens is 360 g/mol. The van der Waals surface area contributed by atoms with Crippen molar-refractivity contribution >= 4 is 5.97 Å². The number of esters is 1. The van der Waals surface area contributed by atoms with Crippen molar-refractivity contribution in [2.24, 2.45) is 0 Å². The smallest absolute Gasteiger partial charge is 0.306 e. The standard InChI is InChI=1S/C26H52O3/c1-3-5-7-9-11-13-15-17-19-21-25(23-24-27)29-26(28)22-20-18-16-14-12-10-8-6-4-2/h25,27H,3-24H2,1-2H3/t25-/m1/s1. The van der Waals surface area contributed by atoms with Crippen LogP contribution in [0.5, 0.6) is 0 Å². The van der Waals surface area contributed by atoms with Gasteiger partial charge in [-0.25, -0.2) is 0 Å². The third-order valence-corrected chi connectivity index (χ3v) is 5.86. The normalized spacial score (nSPS) is 12.2. The van der Waals surface area contributed by atoms with Gasteiger partial charge in [0.1, 0.15) is 6.10 Å². The van der Waals surface area contributed by atoms with Crippen LogP contribution in [-0.2, 0) is 9.53 Å². The molecule has 0 aromatic heterocycles. The molecule has 0 amide bonds. The summed E-state index contributed by atoms with van der Waals surface area (Å²) in [6.45, 7) is 4.61. The zero-order valence-electron chi connectivity index (χ0n) is 19.9. The molecule has 0 aromatic carbocycles. The van der Waals surface area contributed by atoms with Crippen LogP contribution in [0.2, 0.25) is 0 Å². The molecule has 0 unspecified atom stereocenters. The second-order valence-corrected chi connectivity index (χ2v) is 8.82. The Morgan fingerprint density at radius 3 is 1.48 bits per heavy atom. The van der Waals surface area contributed by atoms with Crippen molar-refractivity contribution in [2.75, 3.05) is 6.61 Å². The fourth-order valence-electron chi connectivity index (χ4n) is 3.91. The van der Waals surface area contributed by atoms with E-state index in [1.165, 1.54) is 96.3 Å². The molecule has 0 spiro atoms. The van der Waals surface area contributed by atoms with Gasteiger partial charge in [-0.05, 0) is 19.3 Å². The van der Waals surface area contributed by atoms with E-state index in [9.17, 15) is 9.90 Å². The van der Waals surface area contributed by atoms with E-state index in [0.29, 0.717) is 12.8 Å². The zero-order valence-corrected chi connectivity index (χ0v) is 19.9. The Morgan fingerprint density at radius 2 is 1.03 bits per heavy atom. The lowest BCUT2D eigenvalue weighted by Crippen LogP contribution is -2.19. The van der Waals surface area contributed by atoms with Gasteiger partial charge in [0.15, 0.2) is 0 Å². The lowest BCUT2D eigenvalue weighted by Gasteiger charge is -2.17. The number of hydrogen-bond acceptors (Lipinski definition) is 3. The Labute approximate surface area is 182 Å². The van der Waals surface area contributed by atoms with Gasteiger partial charge in [0, 0.05) is 19.4 Å². The van der Waals surface area contributed by atoms with Gasteiger partial charge in [0.05, 0.1) is 0 Å². The molecule has 0 aliphatic carbocycles. The highest BCUT2D eigenvalue weighted by atomic mass is 16.5. The van der Waals surface area contributed by atoms with Crippen molar-refractivity contribution in [3.8, 4) is 0 Å². The van der Waals surface area contributed by atoms with E-state index in [2.05, 4.69) is 13.8 Å². The number of rotatable bonds is 23. The lowest BCUT2D eigenvalue weighted by atomic mass is 10.0. The zero-order chi connectivity index (χ0) is 21.4. The van der Waals surface area contributed by atoms with Crippen molar-refractivity contribution in [3.05, 3.63) is 0 Å². The summed E-state index contributed by atoms with van der Waals surface area (Å²) in [5.74, 6) is -0.0673. The second kappa shape index (κ2) is 23.7. The summed E-state index contributed by atoms with van der Waals surface area (Å²) in [5, 5.41) is 9.25. The van der Waals surface area contributed by atoms with E-state index in [4.69, 9.17) is 4.74 Å². The molecular formula is C26H52O3. The van der Waals surface area contributed by atoms with Gasteiger partial charge in [-0.1, -0.05) is 117 Å². The first-order valence-electron chi connectivity index (χ1n) is 13.0. The third kappa shape index (κ3) is 21.9. The molecule has 0 bridgehead atoms. The van der Waals surface area contributed by atoms with Gasteiger partial charge >= 0.3 is 5.97 Å². The predicted octanol–water partition coefficient (Wildman–Crippen LogP) is 8.12. The predicted molar refractivity (Wildman–Crippen MR) is 125 cm³/mol. The minimum Gasteiger partial charge on any atom is -0.462 e. The maximum atomic E-state index is 12.1. The van der Waals surface area contributed by atoms with Gasteiger partial charge in [-0.2, -0.15) is 0 Å². The third-order valence-electron chi connectivity index (χ3n) is 5.86. The van der Waals surface area contributed by atoms with Gasteiger partial charge in [-0.15, -0.1) is 0 Å². The number of ether oxygens (including phenoxy) is 1. The SMILES string of the molecule is CCCCCCCCCCCC(=O)O[C@@H](CCO)CCCCCCCCCCC. The van der Waals surface area contributed by atoms with Crippen molar-refractivity contribution in [2.45, 2.75) is 155 Å². The molecule has 3 heteroatoms. The quantitative estimate of drug-likeness (QED) is 0.136. The molecule has 0 heterocycles. The fourth-order valence-corrected chi connectivity index (χ4v) is 3.91. The minimum absolute atomic E-state index is 0.0673.